The molecule has 2 N–H and O–H groups in total. The molecule has 1 aliphatic rings. The third kappa shape index (κ3) is 2.88. The third-order valence-electron chi connectivity index (χ3n) is 4.72. The van der Waals surface area contributed by atoms with Crippen LogP contribution in [0.1, 0.15) is 46.5 Å². The fourth-order valence-corrected chi connectivity index (χ4v) is 4.27. The van der Waals surface area contributed by atoms with Crippen LogP contribution in [0.3, 0.4) is 0 Å². The van der Waals surface area contributed by atoms with E-state index in [1.54, 1.807) is 17.5 Å². The number of fused-ring (bicyclic) bond motifs is 2. The summed E-state index contributed by atoms with van der Waals surface area (Å²) in [6, 6.07) is 3.81. The molecule has 130 valence electrons. The lowest BCUT2D eigenvalue weighted by molar-refractivity contribution is 0.0766. The van der Waals surface area contributed by atoms with Crippen LogP contribution in [0.15, 0.2) is 23.1 Å². The number of aromatic amines is 1. The van der Waals surface area contributed by atoms with E-state index in [1.807, 2.05) is 32.9 Å². The molecule has 3 aromatic heterocycles. The molecular weight excluding hydrogens is 336 g/mol. The fraction of sp³-hybridized carbons (Fsp3) is 0.389. The van der Waals surface area contributed by atoms with E-state index in [4.69, 9.17) is 4.74 Å². The Hall–Kier alpha value is -2.09. The Kier molecular flexibility index (Phi) is 4.15. The highest BCUT2D eigenvalue weighted by Crippen LogP contribution is 2.28. The summed E-state index contributed by atoms with van der Waals surface area (Å²) in [5.74, 6) is 0.641. The second kappa shape index (κ2) is 6.33. The number of pyridine rings is 1. The number of nitrogens with one attached hydrogen (secondary N) is 2. The van der Waals surface area contributed by atoms with Crippen LogP contribution in [0.4, 0.5) is 0 Å². The van der Waals surface area contributed by atoms with Crippen LogP contribution in [0, 0.1) is 13.8 Å². The first-order valence-corrected chi connectivity index (χ1v) is 9.13. The van der Waals surface area contributed by atoms with Gasteiger partial charge in [-0.3, -0.25) is 15.1 Å². The molecule has 3 aromatic rings. The molecule has 0 aliphatic carbocycles. The van der Waals surface area contributed by atoms with Crippen LogP contribution >= 0.6 is 11.3 Å². The number of ether oxygens (including phenoxy) is 1. The molecule has 0 saturated carbocycles. The zero-order valence-corrected chi connectivity index (χ0v) is 15.2. The molecule has 7 heteroatoms. The molecule has 0 amide bonds. The quantitative estimate of drug-likeness (QED) is 0.754. The fourth-order valence-electron chi connectivity index (χ4n) is 3.24. The van der Waals surface area contributed by atoms with Gasteiger partial charge in [0.05, 0.1) is 36.4 Å². The predicted octanol–water partition coefficient (Wildman–Crippen LogP) is 2.92. The van der Waals surface area contributed by atoms with Gasteiger partial charge < -0.3 is 9.72 Å². The van der Waals surface area contributed by atoms with Gasteiger partial charge in [-0.25, -0.2) is 4.98 Å². The molecule has 6 nitrogen and oxygen atoms in total. The van der Waals surface area contributed by atoms with Gasteiger partial charge in [0, 0.05) is 16.6 Å². The number of hydrogen-bond donors (Lipinski definition) is 2. The van der Waals surface area contributed by atoms with Gasteiger partial charge in [-0.1, -0.05) is 6.07 Å². The van der Waals surface area contributed by atoms with Crippen molar-refractivity contribution in [2.24, 2.45) is 0 Å². The van der Waals surface area contributed by atoms with Gasteiger partial charge in [0.2, 0.25) is 0 Å². The first kappa shape index (κ1) is 16.4. The van der Waals surface area contributed by atoms with Crippen molar-refractivity contribution in [2.75, 3.05) is 6.61 Å². The van der Waals surface area contributed by atoms with Gasteiger partial charge in [0.25, 0.3) is 5.56 Å². The lowest BCUT2D eigenvalue weighted by Crippen LogP contribution is -2.33. The number of aromatic nitrogens is 3. The normalized spacial score (nSPS) is 18.3. The first-order chi connectivity index (χ1) is 12.0. The second-order valence-corrected chi connectivity index (χ2v) is 7.62. The first-order valence-electron chi connectivity index (χ1n) is 8.32. The van der Waals surface area contributed by atoms with Crippen LogP contribution in [-0.2, 0) is 11.3 Å². The average Bonchev–Trinajstić information content (AvgIpc) is 2.90. The molecule has 2 unspecified atom stereocenters. The third-order valence-corrected chi connectivity index (χ3v) is 5.82. The van der Waals surface area contributed by atoms with E-state index in [0.29, 0.717) is 24.4 Å². The monoisotopic (exact) mass is 356 g/mol. The SMILES string of the molecule is Cc1sc2nc(C(C)NC3COCc4cccnc43)[nH]c(=O)c2c1C. The zero-order chi connectivity index (χ0) is 17.6. The molecule has 0 saturated heterocycles. The summed E-state index contributed by atoms with van der Waals surface area (Å²) < 4.78 is 5.67. The Balaban J connectivity index is 1.65. The molecule has 0 fully saturated rings. The van der Waals surface area contributed by atoms with Crippen molar-refractivity contribution in [3.8, 4) is 0 Å². The van der Waals surface area contributed by atoms with Crippen molar-refractivity contribution in [3.63, 3.8) is 0 Å². The van der Waals surface area contributed by atoms with Gasteiger partial charge in [0.15, 0.2) is 0 Å². The molecule has 25 heavy (non-hydrogen) atoms. The molecule has 0 radical (unpaired) electrons. The van der Waals surface area contributed by atoms with Crippen molar-refractivity contribution in [1.29, 1.82) is 0 Å². The molecule has 0 bridgehead atoms. The van der Waals surface area contributed by atoms with Gasteiger partial charge >= 0.3 is 0 Å². The molecule has 0 spiro atoms. The largest absolute Gasteiger partial charge is 0.375 e. The standard InChI is InChI=1S/C18H20N4O2S/c1-9-11(3)25-18-14(9)17(23)21-16(22-18)10(2)20-13-8-24-7-12-5-4-6-19-15(12)13/h4-6,10,13,20H,7-8H2,1-3H3,(H,21,22,23). The van der Waals surface area contributed by atoms with Crippen molar-refractivity contribution < 1.29 is 4.74 Å². The van der Waals surface area contributed by atoms with Crippen molar-refractivity contribution in [2.45, 2.75) is 39.5 Å². The Morgan fingerprint density at radius 1 is 1.44 bits per heavy atom. The molecule has 4 heterocycles. The highest BCUT2D eigenvalue weighted by Gasteiger charge is 2.25. The zero-order valence-electron chi connectivity index (χ0n) is 14.4. The number of aryl methyl sites for hydroxylation is 2. The molecule has 0 aromatic carbocycles. The van der Waals surface area contributed by atoms with E-state index in [0.717, 1.165) is 26.5 Å². The maximum Gasteiger partial charge on any atom is 0.259 e. The summed E-state index contributed by atoms with van der Waals surface area (Å²) in [7, 11) is 0. The summed E-state index contributed by atoms with van der Waals surface area (Å²) in [5.41, 5.74) is 3.04. The van der Waals surface area contributed by atoms with Gasteiger partial charge in [-0.05, 0) is 32.4 Å². The molecule has 1 aliphatic heterocycles. The highest BCUT2D eigenvalue weighted by atomic mass is 32.1. The van der Waals surface area contributed by atoms with Crippen molar-refractivity contribution in [1.82, 2.24) is 20.3 Å². The molecular formula is C18H20N4O2S. The maximum absolute atomic E-state index is 12.5. The topological polar surface area (TPSA) is 79.9 Å². The lowest BCUT2D eigenvalue weighted by atomic mass is 10.0. The van der Waals surface area contributed by atoms with Crippen LogP contribution in [0.5, 0.6) is 0 Å². The maximum atomic E-state index is 12.5. The van der Waals surface area contributed by atoms with Gasteiger partial charge in [-0.15, -0.1) is 11.3 Å². The van der Waals surface area contributed by atoms with Crippen molar-refractivity contribution in [3.05, 3.63) is 56.2 Å². The molecule has 2 atom stereocenters. The Morgan fingerprint density at radius 2 is 2.28 bits per heavy atom. The van der Waals surface area contributed by atoms with Crippen molar-refractivity contribution >= 4 is 21.6 Å². The van der Waals surface area contributed by atoms with Crippen LogP contribution in [0.2, 0.25) is 0 Å². The number of rotatable bonds is 3. The minimum Gasteiger partial charge on any atom is -0.375 e. The van der Waals surface area contributed by atoms with E-state index < -0.39 is 0 Å². The summed E-state index contributed by atoms with van der Waals surface area (Å²) in [6.07, 6.45) is 1.80. The summed E-state index contributed by atoms with van der Waals surface area (Å²) in [6.45, 7) is 7.12. The van der Waals surface area contributed by atoms with Crippen LogP contribution in [-0.4, -0.2) is 21.6 Å². The predicted molar refractivity (Wildman–Crippen MR) is 97.9 cm³/mol. The minimum atomic E-state index is -0.124. The lowest BCUT2D eigenvalue weighted by Gasteiger charge is -2.27. The van der Waals surface area contributed by atoms with E-state index >= 15 is 0 Å². The van der Waals surface area contributed by atoms with E-state index in [-0.39, 0.29) is 17.6 Å². The second-order valence-electron chi connectivity index (χ2n) is 6.42. The summed E-state index contributed by atoms with van der Waals surface area (Å²) in [4.78, 5) is 26.5. The van der Waals surface area contributed by atoms with Gasteiger partial charge in [0.1, 0.15) is 10.7 Å². The smallest absolute Gasteiger partial charge is 0.259 e. The van der Waals surface area contributed by atoms with E-state index in [9.17, 15) is 4.79 Å². The number of thiophene rings is 1. The number of H-pyrrole nitrogens is 1. The van der Waals surface area contributed by atoms with E-state index in [1.165, 1.54) is 0 Å². The average molecular weight is 356 g/mol. The van der Waals surface area contributed by atoms with Crippen LogP contribution in [0.25, 0.3) is 10.2 Å². The number of nitrogens with zero attached hydrogens (tertiary/aromatic N) is 2. The Labute approximate surface area is 149 Å². The number of hydrogen-bond acceptors (Lipinski definition) is 6. The summed E-state index contributed by atoms with van der Waals surface area (Å²) >= 11 is 1.56. The minimum absolute atomic E-state index is 0.0206. The van der Waals surface area contributed by atoms with Crippen LogP contribution < -0.4 is 10.9 Å². The Bertz CT molecular complexity index is 994. The highest BCUT2D eigenvalue weighted by molar-refractivity contribution is 7.18. The summed E-state index contributed by atoms with van der Waals surface area (Å²) in [5, 5.41) is 4.19. The van der Waals surface area contributed by atoms with E-state index in [2.05, 4.69) is 20.3 Å². The Morgan fingerprint density at radius 3 is 3.12 bits per heavy atom. The van der Waals surface area contributed by atoms with Gasteiger partial charge in [-0.2, -0.15) is 0 Å². The molecule has 4 rings (SSSR count).